The molecule has 0 radical (unpaired) electrons. The van der Waals surface area contributed by atoms with Crippen LogP contribution in [-0.2, 0) is 4.79 Å². The summed E-state index contributed by atoms with van der Waals surface area (Å²) in [5.74, 6) is 0.682. The van der Waals surface area contributed by atoms with Gasteiger partial charge in [-0.05, 0) is 33.1 Å². The lowest BCUT2D eigenvalue weighted by Gasteiger charge is -2.25. The maximum absolute atomic E-state index is 12.0. The zero-order chi connectivity index (χ0) is 14.3. The van der Waals surface area contributed by atoms with Crippen LogP contribution in [0.1, 0.15) is 41.0 Å². The van der Waals surface area contributed by atoms with E-state index in [1.807, 2.05) is 14.1 Å². The van der Waals surface area contributed by atoms with Crippen LogP contribution in [0, 0.1) is 5.92 Å². The molecular formula is C14H31N3O. The van der Waals surface area contributed by atoms with Crippen LogP contribution in [0.25, 0.3) is 0 Å². The van der Waals surface area contributed by atoms with Gasteiger partial charge in [-0.2, -0.15) is 0 Å². The Bertz CT molecular complexity index is 244. The largest absolute Gasteiger partial charge is 0.347 e. The van der Waals surface area contributed by atoms with Crippen LogP contribution in [0.4, 0.5) is 0 Å². The van der Waals surface area contributed by atoms with Crippen LogP contribution < -0.4 is 10.6 Å². The molecule has 1 amide bonds. The molecule has 0 fully saturated rings. The van der Waals surface area contributed by atoms with Gasteiger partial charge in [0.2, 0.25) is 5.91 Å². The van der Waals surface area contributed by atoms with E-state index in [0.717, 1.165) is 19.5 Å². The van der Waals surface area contributed by atoms with Crippen LogP contribution >= 0.6 is 0 Å². The first-order valence-corrected chi connectivity index (χ1v) is 6.83. The zero-order valence-corrected chi connectivity index (χ0v) is 13.1. The van der Waals surface area contributed by atoms with E-state index in [-0.39, 0.29) is 17.5 Å². The summed E-state index contributed by atoms with van der Waals surface area (Å²) in [4.78, 5) is 13.7. The summed E-state index contributed by atoms with van der Waals surface area (Å²) in [5.41, 5.74) is 0.126. The van der Waals surface area contributed by atoms with Gasteiger partial charge in [0, 0.05) is 32.7 Å². The van der Waals surface area contributed by atoms with E-state index in [9.17, 15) is 4.79 Å². The molecule has 2 N–H and O–H groups in total. The number of hydrogen-bond donors (Lipinski definition) is 2. The van der Waals surface area contributed by atoms with Crippen molar-refractivity contribution in [1.82, 2.24) is 15.5 Å². The van der Waals surface area contributed by atoms with Crippen molar-refractivity contribution in [3.05, 3.63) is 0 Å². The van der Waals surface area contributed by atoms with Crippen LogP contribution in [0.5, 0.6) is 0 Å². The Morgan fingerprint density at radius 1 is 1.17 bits per heavy atom. The predicted octanol–water partition coefficient (Wildman–Crippen LogP) is 1.47. The van der Waals surface area contributed by atoms with Gasteiger partial charge in [0.1, 0.15) is 0 Å². The second-order valence-electron chi connectivity index (χ2n) is 6.55. The molecule has 0 aromatic rings. The zero-order valence-electron chi connectivity index (χ0n) is 13.1. The first kappa shape index (κ1) is 17.4. The summed E-state index contributed by atoms with van der Waals surface area (Å²) in [5, 5.41) is 6.76. The molecular weight excluding hydrogens is 226 g/mol. The number of carbonyl (C=O) groups excluding carboxylic acids is 1. The van der Waals surface area contributed by atoms with Gasteiger partial charge in [0.15, 0.2) is 0 Å². The summed E-state index contributed by atoms with van der Waals surface area (Å²) in [6.45, 7) is 12.4. The molecule has 1 unspecified atom stereocenters. The normalized spacial score (nSPS) is 13.8. The second-order valence-corrected chi connectivity index (χ2v) is 6.55. The van der Waals surface area contributed by atoms with E-state index >= 15 is 0 Å². The van der Waals surface area contributed by atoms with E-state index in [4.69, 9.17) is 0 Å². The number of hydrogen-bond acceptors (Lipinski definition) is 3. The van der Waals surface area contributed by atoms with Crippen molar-refractivity contribution in [2.45, 2.75) is 52.6 Å². The highest BCUT2D eigenvalue weighted by Gasteiger charge is 2.20. The van der Waals surface area contributed by atoms with Gasteiger partial charge >= 0.3 is 0 Å². The fourth-order valence-electron chi connectivity index (χ4n) is 1.74. The average Bonchev–Trinajstić information content (AvgIpc) is 2.19. The van der Waals surface area contributed by atoms with Crippen molar-refractivity contribution in [3.8, 4) is 0 Å². The minimum Gasteiger partial charge on any atom is -0.347 e. The lowest BCUT2D eigenvalue weighted by molar-refractivity contribution is -0.131. The van der Waals surface area contributed by atoms with E-state index in [1.165, 1.54) is 0 Å². The minimum absolute atomic E-state index is 0.0678. The fraction of sp³-hybridized carbons (Fsp3) is 0.929. The Balaban J connectivity index is 4.14. The number of rotatable bonds is 7. The molecule has 0 saturated carbocycles. The summed E-state index contributed by atoms with van der Waals surface area (Å²) in [6, 6.07) is -0.0678. The summed E-state index contributed by atoms with van der Waals surface area (Å²) < 4.78 is 0. The first-order valence-electron chi connectivity index (χ1n) is 6.83. The third-order valence-electron chi connectivity index (χ3n) is 2.62. The molecule has 18 heavy (non-hydrogen) atoms. The highest BCUT2D eigenvalue weighted by Crippen LogP contribution is 2.06. The van der Waals surface area contributed by atoms with Gasteiger partial charge in [-0.15, -0.1) is 0 Å². The van der Waals surface area contributed by atoms with Crippen LogP contribution in [0.2, 0.25) is 0 Å². The molecule has 4 heteroatoms. The highest BCUT2D eigenvalue weighted by molar-refractivity contribution is 5.81. The predicted molar refractivity (Wildman–Crippen MR) is 77.7 cm³/mol. The molecule has 0 aliphatic heterocycles. The first-order chi connectivity index (χ1) is 8.13. The van der Waals surface area contributed by atoms with Crippen molar-refractivity contribution >= 4 is 5.91 Å². The van der Waals surface area contributed by atoms with Crippen molar-refractivity contribution in [2.24, 2.45) is 5.92 Å². The second kappa shape index (κ2) is 7.74. The van der Waals surface area contributed by atoms with Crippen molar-refractivity contribution in [2.75, 3.05) is 27.2 Å². The number of likely N-dealkylation sites (N-methyl/N-ethyl adjacent to an activating group) is 1. The van der Waals surface area contributed by atoms with Gasteiger partial charge < -0.3 is 15.5 Å². The Morgan fingerprint density at radius 2 is 1.72 bits per heavy atom. The van der Waals surface area contributed by atoms with Gasteiger partial charge in [-0.25, -0.2) is 0 Å². The van der Waals surface area contributed by atoms with Crippen molar-refractivity contribution in [1.29, 1.82) is 0 Å². The highest BCUT2D eigenvalue weighted by atomic mass is 16.2. The van der Waals surface area contributed by atoms with E-state index in [0.29, 0.717) is 5.92 Å². The lowest BCUT2D eigenvalue weighted by atomic mass is 10.0. The maximum Gasteiger partial charge on any atom is 0.239 e. The van der Waals surface area contributed by atoms with Crippen LogP contribution in [0.15, 0.2) is 0 Å². The Labute approximate surface area is 113 Å². The fourth-order valence-corrected chi connectivity index (χ4v) is 1.74. The maximum atomic E-state index is 12.0. The molecule has 0 aliphatic carbocycles. The van der Waals surface area contributed by atoms with Crippen molar-refractivity contribution in [3.63, 3.8) is 0 Å². The molecule has 108 valence electrons. The number of nitrogens with one attached hydrogen (secondary N) is 2. The molecule has 0 heterocycles. The van der Waals surface area contributed by atoms with Gasteiger partial charge in [-0.1, -0.05) is 13.8 Å². The van der Waals surface area contributed by atoms with Gasteiger partial charge in [0.25, 0.3) is 0 Å². The molecule has 0 aromatic carbocycles. The molecule has 0 spiro atoms. The molecule has 4 nitrogen and oxygen atoms in total. The topological polar surface area (TPSA) is 44.4 Å². The SMILES string of the molecule is CC(C)CC(NCCNC(C)(C)C)C(=O)N(C)C. The molecule has 0 aliphatic rings. The summed E-state index contributed by atoms with van der Waals surface area (Å²) in [6.07, 6.45) is 0.881. The minimum atomic E-state index is -0.0678. The van der Waals surface area contributed by atoms with E-state index in [2.05, 4.69) is 45.3 Å². The van der Waals surface area contributed by atoms with E-state index in [1.54, 1.807) is 4.90 Å². The Kier molecular flexibility index (Phi) is 7.48. The third-order valence-corrected chi connectivity index (χ3v) is 2.62. The smallest absolute Gasteiger partial charge is 0.239 e. The molecule has 0 aromatic heterocycles. The van der Waals surface area contributed by atoms with Crippen molar-refractivity contribution < 1.29 is 4.79 Å². The lowest BCUT2D eigenvalue weighted by Crippen LogP contribution is -2.48. The molecule has 0 saturated heterocycles. The monoisotopic (exact) mass is 257 g/mol. The quantitative estimate of drug-likeness (QED) is 0.679. The van der Waals surface area contributed by atoms with E-state index < -0.39 is 0 Å². The number of carbonyl (C=O) groups is 1. The molecule has 0 bridgehead atoms. The Morgan fingerprint density at radius 3 is 2.11 bits per heavy atom. The summed E-state index contributed by atoms with van der Waals surface area (Å²) >= 11 is 0. The average molecular weight is 257 g/mol. The summed E-state index contributed by atoms with van der Waals surface area (Å²) in [7, 11) is 3.62. The molecule has 0 rings (SSSR count). The standard InChI is InChI=1S/C14H31N3O/c1-11(2)10-12(13(18)17(6)7)15-8-9-16-14(3,4)5/h11-12,15-16H,8-10H2,1-7H3. The number of nitrogens with zero attached hydrogens (tertiary/aromatic N) is 1. The number of amides is 1. The van der Waals surface area contributed by atoms with Crippen LogP contribution in [-0.4, -0.2) is 49.6 Å². The third kappa shape index (κ3) is 8.48. The van der Waals surface area contributed by atoms with Gasteiger partial charge in [0.05, 0.1) is 6.04 Å². The van der Waals surface area contributed by atoms with Gasteiger partial charge in [-0.3, -0.25) is 4.79 Å². The Hall–Kier alpha value is -0.610. The van der Waals surface area contributed by atoms with Crippen LogP contribution in [0.3, 0.4) is 0 Å². The molecule has 1 atom stereocenters.